The van der Waals surface area contributed by atoms with Gasteiger partial charge in [-0.3, -0.25) is 0 Å². The highest BCUT2D eigenvalue weighted by atomic mass is 32.1. The van der Waals surface area contributed by atoms with Gasteiger partial charge in [-0.2, -0.15) is 0 Å². The molecule has 1 aromatic heterocycles. The van der Waals surface area contributed by atoms with Crippen LogP contribution in [0.5, 0.6) is 5.75 Å². The molecule has 0 atom stereocenters. The number of rotatable bonds is 2. The maximum Gasteiger partial charge on any atom is 0.137 e. The zero-order valence-corrected chi connectivity index (χ0v) is 9.52. The van der Waals surface area contributed by atoms with Gasteiger partial charge in [-0.15, -0.1) is 0 Å². The third-order valence-electron chi connectivity index (χ3n) is 2.31. The van der Waals surface area contributed by atoms with E-state index in [9.17, 15) is 0 Å². The van der Waals surface area contributed by atoms with Crippen molar-refractivity contribution in [2.75, 3.05) is 7.11 Å². The molecule has 78 valence electrons. The molecule has 0 aliphatic rings. The van der Waals surface area contributed by atoms with E-state index in [-0.39, 0.29) is 0 Å². The molecule has 2 rings (SSSR count). The molecule has 4 heteroatoms. The number of H-pyrrole nitrogens is 1. The average Bonchev–Trinajstić information content (AvgIpc) is 2.28. The SMILES string of the molecule is CCc1nc(=S)c2cc(OC)ccc2[nH]1. The van der Waals surface area contributed by atoms with Crippen LogP contribution in [-0.2, 0) is 6.42 Å². The third kappa shape index (κ3) is 1.85. The van der Waals surface area contributed by atoms with Crippen LogP contribution in [0.1, 0.15) is 12.7 Å². The summed E-state index contributed by atoms with van der Waals surface area (Å²) >= 11 is 5.23. The maximum atomic E-state index is 5.23. The quantitative estimate of drug-likeness (QED) is 0.791. The van der Waals surface area contributed by atoms with Crippen LogP contribution in [0.15, 0.2) is 18.2 Å². The van der Waals surface area contributed by atoms with E-state index < -0.39 is 0 Å². The lowest BCUT2D eigenvalue weighted by molar-refractivity contribution is 0.415. The van der Waals surface area contributed by atoms with E-state index in [0.717, 1.165) is 28.9 Å². The normalized spacial score (nSPS) is 10.5. The molecule has 2 aromatic rings. The molecule has 0 radical (unpaired) electrons. The van der Waals surface area contributed by atoms with Crippen LogP contribution in [0.4, 0.5) is 0 Å². The Labute approximate surface area is 93.1 Å². The Morgan fingerprint density at radius 3 is 2.93 bits per heavy atom. The van der Waals surface area contributed by atoms with E-state index in [2.05, 4.69) is 9.97 Å². The van der Waals surface area contributed by atoms with Crippen molar-refractivity contribution in [3.8, 4) is 5.75 Å². The number of fused-ring (bicyclic) bond motifs is 1. The van der Waals surface area contributed by atoms with Gasteiger partial charge in [-0.05, 0) is 18.2 Å². The highest BCUT2D eigenvalue weighted by Crippen LogP contribution is 2.19. The molecule has 0 amide bonds. The van der Waals surface area contributed by atoms with Crippen molar-refractivity contribution in [2.45, 2.75) is 13.3 Å². The van der Waals surface area contributed by atoms with E-state index >= 15 is 0 Å². The van der Waals surface area contributed by atoms with E-state index in [1.807, 2.05) is 25.1 Å². The van der Waals surface area contributed by atoms with Gasteiger partial charge in [0, 0.05) is 17.3 Å². The molecule has 15 heavy (non-hydrogen) atoms. The molecule has 0 spiro atoms. The summed E-state index contributed by atoms with van der Waals surface area (Å²) in [6.45, 7) is 2.04. The molecule has 1 aromatic carbocycles. The Balaban J connectivity index is 2.74. The summed E-state index contributed by atoms with van der Waals surface area (Å²) in [5.41, 5.74) is 1.01. The van der Waals surface area contributed by atoms with Crippen molar-refractivity contribution < 1.29 is 4.74 Å². The molecule has 0 saturated carbocycles. The Bertz CT molecular complexity index is 548. The molecule has 0 bridgehead atoms. The molecule has 1 heterocycles. The van der Waals surface area contributed by atoms with Gasteiger partial charge in [0.1, 0.15) is 16.2 Å². The number of nitrogens with zero attached hydrogens (tertiary/aromatic N) is 1. The first-order chi connectivity index (χ1) is 7.24. The second kappa shape index (κ2) is 3.98. The van der Waals surface area contributed by atoms with Crippen molar-refractivity contribution in [2.24, 2.45) is 0 Å². The topological polar surface area (TPSA) is 37.9 Å². The number of methoxy groups -OCH3 is 1. The molecule has 0 unspecified atom stereocenters. The van der Waals surface area contributed by atoms with E-state index in [4.69, 9.17) is 17.0 Å². The van der Waals surface area contributed by atoms with Crippen LogP contribution in [0.2, 0.25) is 0 Å². The Morgan fingerprint density at radius 1 is 1.47 bits per heavy atom. The lowest BCUT2D eigenvalue weighted by atomic mass is 10.2. The molecule has 3 nitrogen and oxygen atoms in total. The van der Waals surface area contributed by atoms with E-state index in [1.54, 1.807) is 7.11 Å². The minimum absolute atomic E-state index is 0.625. The Hall–Kier alpha value is -1.42. The first kappa shape index (κ1) is 10.1. The van der Waals surface area contributed by atoms with Gasteiger partial charge in [0.05, 0.1) is 7.11 Å². The molecule has 0 aliphatic heterocycles. The van der Waals surface area contributed by atoms with Crippen molar-refractivity contribution in [1.29, 1.82) is 0 Å². The van der Waals surface area contributed by atoms with Crippen LogP contribution < -0.4 is 4.74 Å². The highest BCUT2D eigenvalue weighted by molar-refractivity contribution is 7.71. The summed E-state index contributed by atoms with van der Waals surface area (Å²) in [6.07, 6.45) is 0.853. The van der Waals surface area contributed by atoms with E-state index in [0.29, 0.717) is 4.64 Å². The number of hydrogen-bond acceptors (Lipinski definition) is 3. The number of hydrogen-bond donors (Lipinski definition) is 1. The van der Waals surface area contributed by atoms with Crippen LogP contribution in [-0.4, -0.2) is 17.1 Å². The summed E-state index contributed by atoms with van der Waals surface area (Å²) in [6, 6.07) is 5.78. The summed E-state index contributed by atoms with van der Waals surface area (Å²) < 4.78 is 5.77. The van der Waals surface area contributed by atoms with Gasteiger partial charge in [0.25, 0.3) is 0 Å². The van der Waals surface area contributed by atoms with Gasteiger partial charge in [0.2, 0.25) is 0 Å². The van der Waals surface area contributed by atoms with Crippen molar-refractivity contribution in [1.82, 2.24) is 9.97 Å². The largest absolute Gasteiger partial charge is 0.497 e. The molecular weight excluding hydrogens is 208 g/mol. The molecule has 0 aliphatic carbocycles. The molecular formula is C11H12N2OS. The number of aryl methyl sites for hydroxylation is 1. The van der Waals surface area contributed by atoms with Crippen molar-refractivity contribution in [3.05, 3.63) is 28.7 Å². The first-order valence-electron chi connectivity index (χ1n) is 4.81. The third-order valence-corrected chi connectivity index (χ3v) is 2.62. The van der Waals surface area contributed by atoms with E-state index in [1.165, 1.54) is 0 Å². The first-order valence-corrected chi connectivity index (χ1v) is 5.22. The fourth-order valence-electron chi connectivity index (χ4n) is 1.47. The second-order valence-electron chi connectivity index (χ2n) is 3.25. The van der Waals surface area contributed by atoms with Gasteiger partial charge in [-0.1, -0.05) is 19.1 Å². The van der Waals surface area contributed by atoms with Gasteiger partial charge in [-0.25, -0.2) is 4.98 Å². The van der Waals surface area contributed by atoms with Crippen molar-refractivity contribution in [3.63, 3.8) is 0 Å². The zero-order valence-electron chi connectivity index (χ0n) is 8.70. The predicted molar refractivity (Wildman–Crippen MR) is 62.9 cm³/mol. The second-order valence-corrected chi connectivity index (χ2v) is 3.64. The fraction of sp³-hybridized carbons (Fsp3) is 0.273. The number of aromatic amines is 1. The summed E-state index contributed by atoms with van der Waals surface area (Å²) in [5.74, 6) is 1.71. The highest BCUT2D eigenvalue weighted by Gasteiger charge is 2.01. The summed E-state index contributed by atoms with van der Waals surface area (Å²) in [7, 11) is 1.64. The smallest absolute Gasteiger partial charge is 0.137 e. The van der Waals surface area contributed by atoms with Crippen LogP contribution in [0, 0.1) is 4.64 Å². The average molecular weight is 220 g/mol. The minimum atomic E-state index is 0.625. The lowest BCUT2D eigenvalue weighted by Gasteiger charge is -2.04. The molecule has 0 saturated heterocycles. The lowest BCUT2D eigenvalue weighted by Crippen LogP contribution is -1.94. The Morgan fingerprint density at radius 2 is 2.27 bits per heavy atom. The molecule has 1 N–H and O–H groups in total. The minimum Gasteiger partial charge on any atom is -0.497 e. The number of aromatic nitrogens is 2. The number of benzene rings is 1. The zero-order chi connectivity index (χ0) is 10.8. The van der Waals surface area contributed by atoms with Crippen LogP contribution >= 0.6 is 12.2 Å². The summed E-state index contributed by atoms with van der Waals surface area (Å²) in [5, 5.41) is 0.932. The monoisotopic (exact) mass is 220 g/mol. The van der Waals surface area contributed by atoms with Crippen LogP contribution in [0.3, 0.4) is 0 Å². The number of nitrogens with one attached hydrogen (secondary N) is 1. The maximum absolute atomic E-state index is 5.23. The fourth-order valence-corrected chi connectivity index (χ4v) is 1.75. The van der Waals surface area contributed by atoms with Crippen LogP contribution in [0.25, 0.3) is 10.9 Å². The number of ether oxygens (including phenoxy) is 1. The van der Waals surface area contributed by atoms with Gasteiger partial charge in [0.15, 0.2) is 0 Å². The van der Waals surface area contributed by atoms with Gasteiger partial charge >= 0.3 is 0 Å². The Kier molecular flexibility index (Phi) is 2.68. The molecule has 0 fully saturated rings. The summed E-state index contributed by atoms with van der Waals surface area (Å²) in [4.78, 5) is 7.53. The van der Waals surface area contributed by atoms with Crippen molar-refractivity contribution >= 4 is 23.1 Å². The standard InChI is InChI=1S/C11H12N2OS/c1-3-10-12-9-5-4-7(14-2)6-8(9)11(15)13-10/h4-6H,3H2,1-2H3,(H,12,13,15). The van der Waals surface area contributed by atoms with Gasteiger partial charge < -0.3 is 9.72 Å². The predicted octanol–water partition coefficient (Wildman–Crippen LogP) is 2.86.